The highest BCUT2D eigenvalue weighted by atomic mass is 19.4. The van der Waals surface area contributed by atoms with Crippen LogP contribution in [0.5, 0.6) is 5.75 Å². The van der Waals surface area contributed by atoms with E-state index in [0.29, 0.717) is 24.2 Å². The van der Waals surface area contributed by atoms with E-state index in [2.05, 4.69) is 15.4 Å². The zero-order chi connectivity index (χ0) is 22.9. The minimum Gasteiger partial charge on any atom is -0.484 e. The number of nitrogens with one attached hydrogen (secondary N) is 1. The van der Waals surface area contributed by atoms with Gasteiger partial charge in [0.25, 0.3) is 5.91 Å². The van der Waals surface area contributed by atoms with Crippen molar-refractivity contribution in [1.82, 2.24) is 20.0 Å². The average molecular weight is 453 g/mol. The Morgan fingerprint density at radius 2 is 2.09 bits per heavy atom. The molecule has 1 fully saturated rings. The molecule has 0 radical (unpaired) electrons. The highest BCUT2D eigenvalue weighted by Crippen LogP contribution is 2.31. The number of ether oxygens (including phenoxy) is 1. The number of carbonyl (C=O) groups is 1. The zero-order valence-corrected chi connectivity index (χ0v) is 16.6. The predicted molar refractivity (Wildman–Crippen MR) is 106 cm³/mol. The Labute approximate surface area is 179 Å². The number of β-amino-alcohol motifs (C(OH)–C–C–N with tert-alkyl or cyclic N) is 1. The van der Waals surface area contributed by atoms with Gasteiger partial charge in [-0.05, 0) is 31.0 Å². The second-order valence-corrected chi connectivity index (χ2v) is 7.30. The number of hydrogen-bond acceptors (Lipinski definition) is 6. The molecule has 1 saturated heterocycles. The second-order valence-electron chi connectivity index (χ2n) is 7.30. The number of aliphatic hydroxyl groups is 1. The molecular formula is C20H19F4N5O3. The number of carbonyl (C=O) groups excluding carboxylic acids is 1. The fourth-order valence-electron chi connectivity index (χ4n) is 3.39. The van der Waals surface area contributed by atoms with E-state index in [1.54, 1.807) is 12.4 Å². The number of aliphatic imine (C=N–C) groups is 1. The van der Waals surface area contributed by atoms with Crippen molar-refractivity contribution in [1.29, 1.82) is 0 Å². The maximum atomic E-state index is 14.2. The van der Waals surface area contributed by atoms with E-state index in [4.69, 9.17) is 4.74 Å². The first kappa shape index (κ1) is 22.0. The number of rotatable bonds is 5. The topological polar surface area (TPSA) is 92.0 Å². The Morgan fingerprint density at radius 1 is 1.28 bits per heavy atom. The molecule has 0 bridgehead atoms. The summed E-state index contributed by atoms with van der Waals surface area (Å²) in [5.41, 5.74) is 1.14. The van der Waals surface area contributed by atoms with Gasteiger partial charge in [-0.3, -0.25) is 15.1 Å². The lowest BCUT2D eigenvalue weighted by atomic mass is 10.1. The molecule has 1 unspecified atom stereocenters. The van der Waals surface area contributed by atoms with Crippen LogP contribution in [-0.4, -0.2) is 64.1 Å². The van der Waals surface area contributed by atoms with Crippen LogP contribution in [0.25, 0.3) is 17.0 Å². The number of benzene rings is 1. The number of halogens is 4. The Balaban J connectivity index is 1.73. The Hall–Kier alpha value is -3.25. The zero-order valence-electron chi connectivity index (χ0n) is 16.6. The van der Waals surface area contributed by atoms with Gasteiger partial charge in [0, 0.05) is 24.0 Å². The summed E-state index contributed by atoms with van der Waals surface area (Å²) in [6, 6.07) is 4.65. The molecule has 0 aliphatic carbocycles. The van der Waals surface area contributed by atoms with Gasteiger partial charge in [-0.15, -0.1) is 0 Å². The molecule has 2 N–H and O–H groups in total. The summed E-state index contributed by atoms with van der Waals surface area (Å²) < 4.78 is 57.9. The summed E-state index contributed by atoms with van der Waals surface area (Å²) >= 11 is 0. The Morgan fingerprint density at radius 3 is 2.75 bits per heavy atom. The van der Waals surface area contributed by atoms with E-state index < -0.39 is 30.7 Å². The molecular weight excluding hydrogens is 434 g/mol. The quantitative estimate of drug-likeness (QED) is 0.680. The molecule has 1 atom stereocenters. The fourth-order valence-corrected chi connectivity index (χ4v) is 3.39. The number of amides is 1. The van der Waals surface area contributed by atoms with Crippen molar-refractivity contribution in [3.05, 3.63) is 42.0 Å². The first-order valence-corrected chi connectivity index (χ1v) is 9.72. The predicted octanol–water partition coefficient (Wildman–Crippen LogP) is 2.61. The monoisotopic (exact) mass is 453 g/mol. The number of hydrogen-bond donors (Lipinski definition) is 2. The largest absolute Gasteiger partial charge is 0.484 e. The molecule has 3 heterocycles. The molecule has 32 heavy (non-hydrogen) atoms. The number of alkyl halides is 3. The van der Waals surface area contributed by atoms with Gasteiger partial charge in [-0.1, -0.05) is 0 Å². The molecule has 1 amide bonds. The first-order valence-electron chi connectivity index (χ1n) is 9.72. The minimum absolute atomic E-state index is 0.0355. The Kier molecular flexibility index (Phi) is 5.98. The molecule has 1 aromatic heterocycles. The number of nitrogens with zero attached hydrogens (tertiary/aromatic N) is 4. The van der Waals surface area contributed by atoms with Crippen molar-refractivity contribution in [2.24, 2.45) is 4.99 Å². The van der Waals surface area contributed by atoms with Gasteiger partial charge in [-0.25, -0.2) is 9.07 Å². The van der Waals surface area contributed by atoms with Crippen LogP contribution >= 0.6 is 0 Å². The van der Waals surface area contributed by atoms with Crippen molar-refractivity contribution >= 4 is 17.8 Å². The standard InChI is InChI=1S/C20H19F4N5O3/c21-13-4-12(5-15(6-13)32-10-20(22,23)24)17-7-16(19(31)28-9-18(30)26-11-28)27-29(17)14-2-1-3-25-8-14/h3-8,18,26,30H,1-2,9-11H2. The van der Waals surface area contributed by atoms with Gasteiger partial charge in [0.2, 0.25) is 0 Å². The highest BCUT2D eigenvalue weighted by molar-refractivity contribution is 5.94. The van der Waals surface area contributed by atoms with E-state index >= 15 is 0 Å². The molecule has 1 aromatic carbocycles. The van der Waals surface area contributed by atoms with Gasteiger partial charge in [0.1, 0.15) is 17.8 Å². The van der Waals surface area contributed by atoms with Crippen molar-refractivity contribution in [3.8, 4) is 17.0 Å². The third-order valence-electron chi connectivity index (χ3n) is 4.83. The molecule has 8 nitrogen and oxygen atoms in total. The van der Waals surface area contributed by atoms with Crippen LogP contribution in [0.4, 0.5) is 17.6 Å². The smallest absolute Gasteiger partial charge is 0.422 e. The van der Waals surface area contributed by atoms with Crippen LogP contribution in [0.3, 0.4) is 0 Å². The molecule has 2 aromatic rings. The maximum absolute atomic E-state index is 14.2. The fraction of sp³-hybridized carbons (Fsp3) is 0.350. The van der Waals surface area contributed by atoms with Crippen molar-refractivity contribution in [2.45, 2.75) is 25.2 Å². The molecule has 170 valence electrons. The van der Waals surface area contributed by atoms with Crippen LogP contribution in [-0.2, 0) is 0 Å². The van der Waals surface area contributed by atoms with Crippen molar-refractivity contribution in [2.75, 3.05) is 19.8 Å². The van der Waals surface area contributed by atoms with Crippen molar-refractivity contribution in [3.63, 3.8) is 0 Å². The van der Waals surface area contributed by atoms with E-state index in [9.17, 15) is 27.5 Å². The summed E-state index contributed by atoms with van der Waals surface area (Å²) in [7, 11) is 0. The van der Waals surface area contributed by atoms with Crippen LogP contribution < -0.4 is 10.1 Å². The third kappa shape index (κ3) is 4.97. The lowest BCUT2D eigenvalue weighted by Gasteiger charge is -2.14. The first-order chi connectivity index (χ1) is 15.2. The lowest BCUT2D eigenvalue weighted by molar-refractivity contribution is -0.153. The van der Waals surface area contributed by atoms with E-state index in [1.807, 2.05) is 0 Å². The van der Waals surface area contributed by atoms with Gasteiger partial charge >= 0.3 is 6.18 Å². The van der Waals surface area contributed by atoms with Crippen LogP contribution in [0, 0.1) is 5.82 Å². The van der Waals surface area contributed by atoms with Crippen LogP contribution in [0.2, 0.25) is 0 Å². The van der Waals surface area contributed by atoms with E-state index in [-0.39, 0.29) is 30.2 Å². The van der Waals surface area contributed by atoms with Crippen molar-refractivity contribution < 1.29 is 32.2 Å². The molecule has 4 rings (SSSR count). The third-order valence-corrected chi connectivity index (χ3v) is 4.83. The summed E-state index contributed by atoms with van der Waals surface area (Å²) in [5, 5.41) is 16.7. The molecule has 0 spiro atoms. The van der Waals surface area contributed by atoms with Gasteiger partial charge in [0.15, 0.2) is 12.3 Å². The molecule has 0 saturated carbocycles. The summed E-state index contributed by atoms with van der Waals surface area (Å²) in [6.45, 7) is -1.36. The van der Waals surface area contributed by atoms with Gasteiger partial charge in [0.05, 0.1) is 24.6 Å². The van der Waals surface area contributed by atoms with Gasteiger partial charge in [-0.2, -0.15) is 18.3 Å². The number of aromatic nitrogens is 2. The average Bonchev–Trinajstić information content (AvgIpc) is 3.38. The van der Waals surface area contributed by atoms with Gasteiger partial charge < -0.3 is 14.7 Å². The maximum Gasteiger partial charge on any atom is 0.422 e. The van der Waals surface area contributed by atoms with Crippen LogP contribution in [0.1, 0.15) is 23.3 Å². The summed E-state index contributed by atoms with van der Waals surface area (Å²) in [5.74, 6) is -1.57. The summed E-state index contributed by atoms with van der Waals surface area (Å²) in [4.78, 5) is 18.3. The second kappa shape index (κ2) is 8.71. The van der Waals surface area contributed by atoms with E-state index in [0.717, 1.165) is 12.1 Å². The molecule has 2 aliphatic heterocycles. The lowest BCUT2D eigenvalue weighted by Crippen LogP contribution is -2.30. The van der Waals surface area contributed by atoms with Crippen LogP contribution in [0.15, 0.2) is 35.5 Å². The number of allylic oxidation sites excluding steroid dienone is 1. The molecule has 2 aliphatic rings. The van der Waals surface area contributed by atoms with E-state index in [1.165, 1.54) is 21.7 Å². The normalized spacial score (nSPS) is 18.7. The molecule has 12 heteroatoms. The SMILES string of the molecule is O=C(c1cc(-c2cc(F)cc(OCC(F)(F)F)c2)n(C2=CN=CCC2)n1)N1CNC(O)C1. The highest BCUT2D eigenvalue weighted by Gasteiger charge is 2.30. The Bertz CT molecular complexity index is 1080. The minimum atomic E-state index is -4.58. The number of aliphatic hydroxyl groups excluding tert-OH is 1. The summed E-state index contributed by atoms with van der Waals surface area (Å²) in [6.07, 6.45) is -1.00.